The molecule has 0 aromatic heterocycles. The predicted molar refractivity (Wildman–Crippen MR) is 122 cm³/mol. The van der Waals surface area contributed by atoms with Gasteiger partial charge in [-0.25, -0.2) is 0 Å². The van der Waals surface area contributed by atoms with Gasteiger partial charge in [0.2, 0.25) is 11.8 Å². The van der Waals surface area contributed by atoms with Crippen molar-refractivity contribution in [3.8, 4) is 0 Å². The lowest BCUT2D eigenvalue weighted by atomic mass is 9.80. The Hall–Kier alpha value is -2.29. The van der Waals surface area contributed by atoms with Crippen molar-refractivity contribution >= 4 is 17.7 Å². The molecule has 3 amide bonds. The lowest BCUT2D eigenvalue weighted by molar-refractivity contribution is -0.136. The quantitative estimate of drug-likeness (QED) is 0.575. The van der Waals surface area contributed by atoms with Gasteiger partial charge in [-0.15, -0.1) is 0 Å². The fourth-order valence-corrected chi connectivity index (χ4v) is 6.01. The highest BCUT2D eigenvalue weighted by Crippen LogP contribution is 2.31. The van der Waals surface area contributed by atoms with E-state index in [2.05, 4.69) is 21.6 Å². The summed E-state index contributed by atoms with van der Waals surface area (Å²) >= 11 is 0. The van der Waals surface area contributed by atoms with Gasteiger partial charge in [0.25, 0.3) is 5.91 Å². The van der Waals surface area contributed by atoms with E-state index in [9.17, 15) is 19.5 Å². The van der Waals surface area contributed by atoms with E-state index in [0.29, 0.717) is 30.4 Å². The summed E-state index contributed by atoms with van der Waals surface area (Å²) in [6.45, 7) is 5.23. The molecule has 33 heavy (non-hydrogen) atoms. The van der Waals surface area contributed by atoms with Crippen LogP contribution in [0.25, 0.3) is 0 Å². The molecule has 4 aliphatic heterocycles. The van der Waals surface area contributed by atoms with E-state index in [0.717, 1.165) is 64.0 Å². The topological polar surface area (TPSA) is 102 Å². The summed E-state index contributed by atoms with van der Waals surface area (Å²) in [5.41, 5.74) is 2.79. The first kappa shape index (κ1) is 22.5. The van der Waals surface area contributed by atoms with Gasteiger partial charge in [-0.05, 0) is 87.3 Å². The number of aliphatic hydroxyl groups is 1. The minimum Gasteiger partial charge on any atom is -0.393 e. The predicted octanol–water partition coefficient (Wildman–Crippen LogP) is 1.02. The fraction of sp³-hybridized carbons (Fsp3) is 0.640. The average Bonchev–Trinajstić information content (AvgIpc) is 3.15. The van der Waals surface area contributed by atoms with E-state index in [1.54, 1.807) is 4.90 Å². The number of carbonyl (C=O) groups excluding carboxylic acids is 3. The molecule has 1 aromatic rings. The molecule has 0 aliphatic carbocycles. The Morgan fingerprint density at radius 2 is 1.73 bits per heavy atom. The van der Waals surface area contributed by atoms with Gasteiger partial charge in [0.05, 0.1) is 6.10 Å². The molecule has 3 fully saturated rings. The van der Waals surface area contributed by atoms with Crippen molar-refractivity contribution in [3.05, 3.63) is 34.9 Å². The maximum Gasteiger partial charge on any atom is 0.255 e. The first-order valence-corrected chi connectivity index (χ1v) is 12.4. The third kappa shape index (κ3) is 4.69. The number of benzene rings is 1. The zero-order valence-electron chi connectivity index (χ0n) is 19.1. The van der Waals surface area contributed by atoms with Crippen LogP contribution in [0.5, 0.6) is 0 Å². The second-order valence-corrected chi connectivity index (χ2v) is 10.1. The number of hydrogen-bond acceptors (Lipinski definition) is 6. The lowest BCUT2D eigenvalue weighted by Crippen LogP contribution is -2.52. The molecular formula is C25H34N4O4. The number of piperidine rings is 3. The standard InChI is InChI=1S/C25H34N4O4/c30-22-4-3-21(24(32)27-22)29-15-19-13-16(1-2-20(19)25(29)33)14-28-11-7-18(8-12-28)23(31)17-5-9-26-10-6-17/h1-2,13,17-18,21,23,26,31H,3-12,14-15H2,(H,27,30,32). The van der Waals surface area contributed by atoms with Gasteiger partial charge in [0.15, 0.2) is 0 Å². The Morgan fingerprint density at radius 1 is 1.00 bits per heavy atom. The van der Waals surface area contributed by atoms with Crippen LogP contribution in [0.2, 0.25) is 0 Å². The van der Waals surface area contributed by atoms with E-state index < -0.39 is 6.04 Å². The zero-order chi connectivity index (χ0) is 22.9. The number of likely N-dealkylation sites (tertiary alicyclic amines) is 1. The highest BCUT2D eigenvalue weighted by atomic mass is 16.3. The van der Waals surface area contributed by atoms with Crippen LogP contribution >= 0.6 is 0 Å². The van der Waals surface area contributed by atoms with Crippen LogP contribution in [-0.4, -0.2) is 71.0 Å². The van der Waals surface area contributed by atoms with Gasteiger partial charge in [-0.2, -0.15) is 0 Å². The molecule has 8 heteroatoms. The van der Waals surface area contributed by atoms with Crippen molar-refractivity contribution in [3.63, 3.8) is 0 Å². The smallest absolute Gasteiger partial charge is 0.255 e. The van der Waals surface area contributed by atoms with Crippen molar-refractivity contribution in [2.75, 3.05) is 26.2 Å². The van der Waals surface area contributed by atoms with Crippen LogP contribution in [0.3, 0.4) is 0 Å². The molecule has 8 nitrogen and oxygen atoms in total. The number of hydrogen-bond donors (Lipinski definition) is 3. The average molecular weight is 455 g/mol. The summed E-state index contributed by atoms with van der Waals surface area (Å²) in [6.07, 6.45) is 4.67. The highest BCUT2D eigenvalue weighted by molar-refractivity contribution is 6.05. The Labute approximate surface area is 194 Å². The number of nitrogens with one attached hydrogen (secondary N) is 2. The van der Waals surface area contributed by atoms with Crippen molar-refractivity contribution in [2.45, 2.75) is 63.8 Å². The van der Waals surface area contributed by atoms with Crippen LogP contribution in [0, 0.1) is 11.8 Å². The van der Waals surface area contributed by atoms with Crippen LogP contribution in [0.15, 0.2) is 18.2 Å². The van der Waals surface area contributed by atoms with Gasteiger partial charge in [-0.1, -0.05) is 12.1 Å². The third-order valence-corrected chi connectivity index (χ3v) is 7.98. The molecule has 1 aromatic carbocycles. The minimum atomic E-state index is -0.573. The number of carbonyl (C=O) groups is 3. The third-order valence-electron chi connectivity index (χ3n) is 7.98. The molecule has 178 valence electrons. The molecular weight excluding hydrogens is 420 g/mol. The van der Waals surface area contributed by atoms with Gasteiger partial charge >= 0.3 is 0 Å². The second kappa shape index (κ2) is 9.52. The molecule has 0 bridgehead atoms. The molecule has 5 rings (SSSR count). The van der Waals surface area contributed by atoms with Crippen molar-refractivity contribution in [1.29, 1.82) is 0 Å². The van der Waals surface area contributed by atoms with Gasteiger partial charge in [0, 0.05) is 25.1 Å². The number of aliphatic hydroxyl groups excluding tert-OH is 1. The van der Waals surface area contributed by atoms with Crippen LogP contribution in [-0.2, 0) is 22.7 Å². The Balaban J connectivity index is 1.17. The number of fused-ring (bicyclic) bond motifs is 1. The monoisotopic (exact) mass is 454 g/mol. The van der Waals surface area contributed by atoms with Crippen molar-refractivity contribution in [2.24, 2.45) is 11.8 Å². The first-order valence-electron chi connectivity index (χ1n) is 12.4. The van der Waals surface area contributed by atoms with Crippen molar-refractivity contribution in [1.82, 2.24) is 20.4 Å². The molecule has 3 saturated heterocycles. The Bertz CT molecular complexity index is 921. The molecule has 4 heterocycles. The van der Waals surface area contributed by atoms with Crippen LogP contribution in [0.1, 0.15) is 60.0 Å². The van der Waals surface area contributed by atoms with E-state index in [-0.39, 0.29) is 30.2 Å². The summed E-state index contributed by atoms with van der Waals surface area (Å²) in [5.74, 6) is 0.0594. The summed E-state index contributed by atoms with van der Waals surface area (Å²) in [7, 11) is 0. The van der Waals surface area contributed by atoms with Gasteiger partial charge in [-0.3, -0.25) is 24.6 Å². The minimum absolute atomic E-state index is 0.126. The maximum atomic E-state index is 12.9. The molecule has 4 aliphatic rings. The van der Waals surface area contributed by atoms with Gasteiger partial charge in [0.1, 0.15) is 6.04 Å². The number of amides is 3. The maximum absolute atomic E-state index is 12.9. The number of nitrogens with zero attached hydrogens (tertiary/aromatic N) is 2. The second-order valence-electron chi connectivity index (χ2n) is 10.1. The Morgan fingerprint density at radius 3 is 2.45 bits per heavy atom. The molecule has 2 unspecified atom stereocenters. The van der Waals surface area contributed by atoms with Crippen molar-refractivity contribution < 1.29 is 19.5 Å². The summed E-state index contributed by atoms with van der Waals surface area (Å²) in [6, 6.07) is 5.42. The van der Waals surface area contributed by atoms with E-state index in [1.807, 2.05) is 12.1 Å². The normalized spacial score (nSPS) is 26.4. The Kier molecular flexibility index (Phi) is 6.49. The zero-order valence-corrected chi connectivity index (χ0v) is 19.1. The van der Waals surface area contributed by atoms with Crippen LogP contribution in [0.4, 0.5) is 0 Å². The highest BCUT2D eigenvalue weighted by Gasteiger charge is 2.39. The first-order chi connectivity index (χ1) is 16.0. The molecule has 0 radical (unpaired) electrons. The summed E-state index contributed by atoms with van der Waals surface area (Å²) < 4.78 is 0. The van der Waals surface area contributed by atoms with E-state index in [1.165, 1.54) is 5.56 Å². The lowest BCUT2D eigenvalue weighted by Gasteiger charge is -2.38. The SMILES string of the molecule is O=C1CCC(N2Cc3cc(CN4CCC(C(O)C5CCNCC5)CC4)ccc3C2=O)C(=O)N1. The molecule has 3 N–H and O–H groups in total. The number of rotatable bonds is 5. The van der Waals surface area contributed by atoms with Gasteiger partial charge < -0.3 is 15.3 Å². The van der Waals surface area contributed by atoms with Crippen LogP contribution < -0.4 is 10.6 Å². The van der Waals surface area contributed by atoms with E-state index >= 15 is 0 Å². The summed E-state index contributed by atoms with van der Waals surface area (Å²) in [4.78, 5) is 40.6. The molecule has 0 saturated carbocycles. The number of imide groups is 1. The summed E-state index contributed by atoms with van der Waals surface area (Å²) in [5, 5.41) is 16.6. The molecule has 0 spiro atoms. The fourth-order valence-electron chi connectivity index (χ4n) is 6.01. The van der Waals surface area contributed by atoms with E-state index in [4.69, 9.17) is 0 Å². The largest absolute Gasteiger partial charge is 0.393 e. The molecule has 2 atom stereocenters.